The van der Waals surface area contributed by atoms with Gasteiger partial charge in [-0.25, -0.2) is 4.98 Å². The smallest absolute Gasteiger partial charge is 0.261 e. The summed E-state index contributed by atoms with van der Waals surface area (Å²) in [7, 11) is 0. The fourth-order valence-corrected chi connectivity index (χ4v) is 5.77. The van der Waals surface area contributed by atoms with E-state index in [9.17, 15) is 9.90 Å². The van der Waals surface area contributed by atoms with Crippen molar-refractivity contribution in [2.75, 3.05) is 32.7 Å². The number of benzene rings is 1. The molecule has 1 aromatic carbocycles. The van der Waals surface area contributed by atoms with Crippen LogP contribution in [0.2, 0.25) is 5.02 Å². The molecule has 3 aliphatic heterocycles. The number of hydrogen-bond acceptors (Lipinski definition) is 5. The minimum Gasteiger partial charge on any atom is -0.392 e. The first kappa shape index (κ1) is 19.5. The van der Waals surface area contributed by atoms with E-state index in [4.69, 9.17) is 16.6 Å². The quantitative estimate of drug-likeness (QED) is 0.830. The van der Waals surface area contributed by atoms with E-state index >= 15 is 0 Å². The lowest BCUT2D eigenvalue weighted by molar-refractivity contribution is 0.0861. The Morgan fingerprint density at radius 1 is 1.07 bits per heavy atom. The molecule has 0 spiro atoms. The molecule has 6 nitrogen and oxygen atoms in total. The van der Waals surface area contributed by atoms with Crippen LogP contribution in [0, 0.1) is 0 Å². The van der Waals surface area contributed by atoms with Gasteiger partial charge < -0.3 is 10.0 Å². The number of aliphatic hydroxyl groups is 1. The first-order valence-electron chi connectivity index (χ1n) is 11.0. The summed E-state index contributed by atoms with van der Waals surface area (Å²) in [5, 5.41) is 10.5. The maximum atomic E-state index is 13.2. The van der Waals surface area contributed by atoms with Gasteiger partial charge in [-0.2, -0.15) is 0 Å². The van der Waals surface area contributed by atoms with Crippen molar-refractivity contribution in [3.05, 3.63) is 38.9 Å². The maximum Gasteiger partial charge on any atom is 0.261 e. The number of halogens is 1. The molecule has 2 fully saturated rings. The third kappa shape index (κ3) is 3.50. The molecule has 0 saturated carbocycles. The molecule has 156 valence electrons. The molecule has 29 heavy (non-hydrogen) atoms. The second-order valence-electron chi connectivity index (χ2n) is 8.74. The van der Waals surface area contributed by atoms with Crippen molar-refractivity contribution in [1.82, 2.24) is 19.4 Å². The first-order valence-corrected chi connectivity index (χ1v) is 11.3. The molecule has 0 amide bonds. The molecule has 0 unspecified atom stereocenters. The average Bonchev–Trinajstić information content (AvgIpc) is 3.26. The van der Waals surface area contributed by atoms with Gasteiger partial charge in [0, 0.05) is 36.6 Å². The fraction of sp³-hybridized carbons (Fsp3) is 0.636. The van der Waals surface area contributed by atoms with Crippen LogP contribution in [-0.4, -0.2) is 63.2 Å². The van der Waals surface area contributed by atoms with E-state index in [0.717, 1.165) is 51.3 Å². The number of aliphatic hydroxyl groups excluding tert-OH is 1. The van der Waals surface area contributed by atoms with Crippen LogP contribution in [0.4, 0.5) is 0 Å². The first-order chi connectivity index (χ1) is 14.2. The van der Waals surface area contributed by atoms with Gasteiger partial charge in [0.1, 0.15) is 5.82 Å². The van der Waals surface area contributed by atoms with Crippen molar-refractivity contribution in [1.29, 1.82) is 0 Å². The number of fused-ring (bicyclic) bond motifs is 4. The molecule has 4 heterocycles. The SMILES string of the molecule is O=c1c2cc(Cl)c(CO)cc2nc2n1CC[C@@H]1[C@@H]2CCCN1CCN1CCCC1. The molecule has 5 rings (SSSR count). The summed E-state index contributed by atoms with van der Waals surface area (Å²) in [6.07, 6.45) is 5.91. The third-order valence-electron chi connectivity index (χ3n) is 7.10. The molecule has 0 bridgehead atoms. The molecule has 1 N–H and O–H groups in total. The minimum atomic E-state index is -0.148. The molecule has 2 atom stereocenters. The van der Waals surface area contributed by atoms with Gasteiger partial charge in [0.25, 0.3) is 5.56 Å². The predicted molar refractivity (Wildman–Crippen MR) is 115 cm³/mol. The summed E-state index contributed by atoms with van der Waals surface area (Å²) in [5.41, 5.74) is 1.29. The molecule has 1 aromatic heterocycles. The Bertz CT molecular complexity index is 969. The topological polar surface area (TPSA) is 61.6 Å². The molecule has 2 aromatic rings. The lowest BCUT2D eigenvalue weighted by Crippen LogP contribution is -2.51. The van der Waals surface area contributed by atoms with E-state index in [0.29, 0.717) is 33.4 Å². The molecule has 0 radical (unpaired) electrons. The summed E-state index contributed by atoms with van der Waals surface area (Å²) < 4.78 is 1.88. The highest BCUT2D eigenvalue weighted by atomic mass is 35.5. The highest BCUT2D eigenvalue weighted by molar-refractivity contribution is 6.32. The van der Waals surface area contributed by atoms with E-state index in [1.807, 2.05) is 4.57 Å². The third-order valence-corrected chi connectivity index (χ3v) is 7.45. The fourth-order valence-electron chi connectivity index (χ4n) is 5.55. The monoisotopic (exact) mass is 416 g/mol. The summed E-state index contributed by atoms with van der Waals surface area (Å²) in [6.45, 7) is 6.47. The summed E-state index contributed by atoms with van der Waals surface area (Å²) in [4.78, 5) is 23.3. The second-order valence-corrected chi connectivity index (χ2v) is 9.14. The molecule has 3 aliphatic rings. The predicted octanol–water partition coefficient (Wildman–Crippen LogP) is 2.59. The maximum absolute atomic E-state index is 13.2. The Labute approximate surface area is 176 Å². The van der Waals surface area contributed by atoms with Crippen LogP contribution in [0.5, 0.6) is 0 Å². The van der Waals surface area contributed by atoms with Crippen molar-refractivity contribution in [2.24, 2.45) is 0 Å². The minimum absolute atomic E-state index is 0.00373. The van der Waals surface area contributed by atoms with Crippen LogP contribution in [0.1, 0.15) is 49.4 Å². The summed E-state index contributed by atoms with van der Waals surface area (Å²) in [6, 6.07) is 3.91. The zero-order valence-corrected chi connectivity index (χ0v) is 17.6. The van der Waals surface area contributed by atoms with Crippen LogP contribution in [0.25, 0.3) is 10.9 Å². The highest BCUT2D eigenvalue weighted by Gasteiger charge is 2.38. The zero-order valence-electron chi connectivity index (χ0n) is 16.8. The number of likely N-dealkylation sites (tertiary alicyclic amines) is 2. The van der Waals surface area contributed by atoms with Crippen LogP contribution >= 0.6 is 11.6 Å². The highest BCUT2D eigenvalue weighted by Crippen LogP contribution is 2.37. The Kier molecular flexibility index (Phi) is 5.37. The average molecular weight is 417 g/mol. The van der Waals surface area contributed by atoms with Gasteiger partial charge in [-0.15, -0.1) is 0 Å². The molecule has 2 saturated heterocycles. The second kappa shape index (κ2) is 7.99. The molecular weight excluding hydrogens is 388 g/mol. The van der Waals surface area contributed by atoms with Gasteiger partial charge in [0.2, 0.25) is 0 Å². The van der Waals surface area contributed by atoms with Gasteiger partial charge in [-0.3, -0.25) is 14.3 Å². The lowest BCUT2D eigenvalue weighted by Gasteiger charge is -2.45. The Hall–Kier alpha value is -1.47. The van der Waals surface area contributed by atoms with Crippen LogP contribution in [-0.2, 0) is 13.2 Å². The van der Waals surface area contributed by atoms with Crippen molar-refractivity contribution >= 4 is 22.5 Å². The number of hydrogen-bond donors (Lipinski definition) is 1. The van der Waals surface area contributed by atoms with Gasteiger partial charge in [0.15, 0.2) is 0 Å². The largest absolute Gasteiger partial charge is 0.392 e. The van der Waals surface area contributed by atoms with E-state index < -0.39 is 0 Å². The van der Waals surface area contributed by atoms with Crippen molar-refractivity contribution in [2.45, 2.75) is 57.2 Å². The number of piperidine rings is 1. The van der Waals surface area contributed by atoms with Gasteiger partial charge in [-0.05, 0) is 69.4 Å². The summed E-state index contributed by atoms with van der Waals surface area (Å²) >= 11 is 6.23. The lowest BCUT2D eigenvalue weighted by atomic mass is 9.83. The van der Waals surface area contributed by atoms with Crippen molar-refractivity contribution in [3.63, 3.8) is 0 Å². The summed E-state index contributed by atoms with van der Waals surface area (Å²) in [5.74, 6) is 1.23. The van der Waals surface area contributed by atoms with Crippen LogP contribution < -0.4 is 5.56 Å². The number of rotatable bonds is 4. The number of aromatic nitrogens is 2. The standard InChI is InChI=1S/C22H29ClN4O2/c23-18-13-17-19(12-15(18)14-28)24-21-16-4-3-8-26(11-10-25-6-1-2-7-25)20(16)5-9-27(21)22(17)29/h12-13,16,20,28H,1-11,14H2/t16-,20+/m0/s1. The van der Waals surface area contributed by atoms with E-state index in [1.165, 1.54) is 25.9 Å². The van der Waals surface area contributed by atoms with Crippen LogP contribution in [0.15, 0.2) is 16.9 Å². The van der Waals surface area contributed by atoms with Crippen molar-refractivity contribution < 1.29 is 5.11 Å². The Morgan fingerprint density at radius 2 is 1.90 bits per heavy atom. The molecule has 0 aliphatic carbocycles. The Balaban J connectivity index is 1.46. The molecular formula is C22H29ClN4O2. The van der Waals surface area contributed by atoms with Gasteiger partial charge in [-0.1, -0.05) is 11.6 Å². The van der Waals surface area contributed by atoms with Gasteiger partial charge >= 0.3 is 0 Å². The van der Waals surface area contributed by atoms with E-state index in [1.54, 1.807) is 12.1 Å². The van der Waals surface area contributed by atoms with Crippen molar-refractivity contribution in [3.8, 4) is 0 Å². The zero-order chi connectivity index (χ0) is 20.0. The number of nitrogens with zero attached hydrogens (tertiary/aromatic N) is 4. The van der Waals surface area contributed by atoms with Crippen LogP contribution in [0.3, 0.4) is 0 Å². The van der Waals surface area contributed by atoms with E-state index in [2.05, 4.69) is 9.80 Å². The van der Waals surface area contributed by atoms with E-state index in [-0.39, 0.29) is 12.2 Å². The normalized spacial score (nSPS) is 25.3. The Morgan fingerprint density at radius 3 is 2.69 bits per heavy atom. The van der Waals surface area contributed by atoms with Gasteiger partial charge in [0.05, 0.1) is 17.5 Å². The molecule has 7 heteroatoms.